The van der Waals surface area contributed by atoms with Crippen molar-refractivity contribution in [3.63, 3.8) is 0 Å². The molecule has 0 bridgehead atoms. The average Bonchev–Trinajstić information content (AvgIpc) is 2.55. The molecule has 0 aliphatic rings. The van der Waals surface area contributed by atoms with Crippen LogP contribution in [-0.2, 0) is 0 Å². The van der Waals surface area contributed by atoms with Crippen LogP contribution in [-0.4, -0.2) is 11.2 Å². The normalized spacial score (nSPS) is 12.1. The van der Waals surface area contributed by atoms with E-state index >= 15 is 0 Å². The number of aromatic hydroxyl groups is 1. The number of phenols is 1. The number of phenolic OH excluding ortho intramolecular Hbond substituents is 1. The van der Waals surface area contributed by atoms with Gasteiger partial charge in [0.05, 0.1) is 6.10 Å². The smallest absolute Gasteiger partial charge is 0.165 e. The van der Waals surface area contributed by atoms with E-state index in [-0.39, 0.29) is 11.9 Å². The molecule has 0 spiro atoms. The monoisotopic (exact) mass is 316 g/mol. The van der Waals surface area contributed by atoms with Crippen molar-refractivity contribution < 1.29 is 14.2 Å². The zero-order valence-corrected chi connectivity index (χ0v) is 13.9. The van der Waals surface area contributed by atoms with Crippen LogP contribution in [0.1, 0.15) is 46.0 Å². The Morgan fingerprint density at radius 2 is 1.70 bits per heavy atom. The first kappa shape index (κ1) is 17.3. The van der Waals surface area contributed by atoms with Crippen molar-refractivity contribution in [2.45, 2.75) is 52.1 Å². The first-order valence-corrected chi connectivity index (χ1v) is 8.35. The fourth-order valence-electron chi connectivity index (χ4n) is 2.56. The molecule has 0 saturated carbocycles. The van der Waals surface area contributed by atoms with Gasteiger partial charge in [-0.2, -0.15) is 0 Å². The lowest BCUT2D eigenvalue weighted by atomic mass is 10.1. The summed E-state index contributed by atoms with van der Waals surface area (Å²) in [7, 11) is 0. The largest absolute Gasteiger partial charge is 0.505 e. The molecule has 2 aromatic carbocycles. The molecule has 23 heavy (non-hydrogen) atoms. The quantitative estimate of drug-likeness (QED) is 0.611. The minimum Gasteiger partial charge on any atom is -0.505 e. The minimum absolute atomic E-state index is 0.198. The Morgan fingerprint density at radius 1 is 1.00 bits per heavy atom. The van der Waals surface area contributed by atoms with Gasteiger partial charge in [0, 0.05) is 0 Å². The van der Waals surface area contributed by atoms with E-state index < -0.39 is 5.82 Å². The maximum Gasteiger partial charge on any atom is 0.165 e. The van der Waals surface area contributed by atoms with Gasteiger partial charge in [0.1, 0.15) is 5.75 Å². The van der Waals surface area contributed by atoms with Gasteiger partial charge in [-0.15, -0.1) is 0 Å². The molecule has 2 nitrogen and oxygen atoms in total. The van der Waals surface area contributed by atoms with Crippen molar-refractivity contribution in [3.8, 4) is 22.6 Å². The Kier molecular flexibility index (Phi) is 6.45. The van der Waals surface area contributed by atoms with Gasteiger partial charge in [0.2, 0.25) is 0 Å². The topological polar surface area (TPSA) is 29.5 Å². The third-order valence-electron chi connectivity index (χ3n) is 3.94. The van der Waals surface area contributed by atoms with E-state index in [0.717, 1.165) is 23.3 Å². The maximum absolute atomic E-state index is 13.4. The van der Waals surface area contributed by atoms with Crippen molar-refractivity contribution >= 4 is 0 Å². The second-order valence-electron chi connectivity index (χ2n) is 5.97. The van der Waals surface area contributed by atoms with Crippen molar-refractivity contribution in [1.82, 2.24) is 0 Å². The molecule has 0 heterocycles. The predicted octanol–water partition coefficient (Wildman–Crippen LogP) is 5.94. The first-order chi connectivity index (χ1) is 11.1. The Hall–Kier alpha value is -2.03. The fraction of sp³-hybridized carbons (Fsp3) is 0.400. The summed E-state index contributed by atoms with van der Waals surface area (Å²) in [4.78, 5) is 0. The second-order valence-corrected chi connectivity index (χ2v) is 5.97. The van der Waals surface area contributed by atoms with E-state index in [1.165, 1.54) is 37.8 Å². The summed E-state index contributed by atoms with van der Waals surface area (Å²) in [6, 6.07) is 12.0. The summed E-state index contributed by atoms with van der Waals surface area (Å²) in [6.07, 6.45) is 6.24. The van der Waals surface area contributed by atoms with E-state index in [1.807, 2.05) is 24.3 Å². The summed E-state index contributed by atoms with van der Waals surface area (Å²) in [5, 5.41) is 9.24. The molecule has 0 amide bonds. The van der Waals surface area contributed by atoms with Gasteiger partial charge in [-0.3, -0.25) is 0 Å². The highest BCUT2D eigenvalue weighted by molar-refractivity contribution is 5.65. The lowest BCUT2D eigenvalue weighted by Crippen LogP contribution is -2.11. The Morgan fingerprint density at radius 3 is 2.35 bits per heavy atom. The van der Waals surface area contributed by atoms with Crippen LogP contribution in [0.3, 0.4) is 0 Å². The zero-order chi connectivity index (χ0) is 16.7. The lowest BCUT2D eigenvalue weighted by molar-refractivity contribution is 0.206. The van der Waals surface area contributed by atoms with E-state index in [0.29, 0.717) is 0 Å². The van der Waals surface area contributed by atoms with Crippen LogP contribution in [0.25, 0.3) is 11.1 Å². The number of hydrogen-bond donors (Lipinski definition) is 1. The summed E-state index contributed by atoms with van der Waals surface area (Å²) in [5.41, 5.74) is 1.63. The highest BCUT2D eigenvalue weighted by atomic mass is 19.1. The van der Waals surface area contributed by atoms with Gasteiger partial charge < -0.3 is 9.84 Å². The summed E-state index contributed by atoms with van der Waals surface area (Å²) in [6.45, 7) is 4.30. The molecule has 2 rings (SSSR count). The maximum atomic E-state index is 13.4. The number of ether oxygens (including phenoxy) is 1. The number of rotatable bonds is 8. The standard InChI is InChI=1S/C20H25FO2/c1-3-4-5-6-7-15(2)23-18-11-8-16(9-12-18)17-10-13-20(22)19(21)14-17/h8-15,22H,3-7H2,1-2H3/t15-/m0/s1. The highest BCUT2D eigenvalue weighted by Crippen LogP contribution is 2.27. The predicted molar refractivity (Wildman–Crippen MR) is 92.3 cm³/mol. The number of unbranched alkanes of at least 4 members (excludes halogenated alkanes) is 3. The molecule has 3 heteroatoms. The van der Waals surface area contributed by atoms with Crippen LogP contribution in [0.2, 0.25) is 0 Å². The molecule has 1 atom stereocenters. The van der Waals surface area contributed by atoms with Gasteiger partial charge in [0.15, 0.2) is 11.6 Å². The number of benzene rings is 2. The molecule has 0 fully saturated rings. The summed E-state index contributed by atoms with van der Waals surface area (Å²) >= 11 is 0. The number of halogens is 1. The molecule has 0 unspecified atom stereocenters. The first-order valence-electron chi connectivity index (χ1n) is 8.35. The van der Waals surface area contributed by atoms with Crippen LogP contribution in [0.5, 0.6) is 11.5 Å². The third-order valence-corrected chi connectivity index (χ3v) is 3.94. The van der Waals surface area contributed by atoms with E-state index in [9.17, 15) is 9.50 Å². The van der Waals surface area contributed by atoms with Gasteiger partial charge in [0.25, 0.3) is 0 Å². The van der Waals surface area contributed by atoms with Gasteiger partial charge in [-0.1, -0.05) is 44.4 Å². The molecule has 0 aromatic heterocycles. The SMILES string of the molecule is CCCCCC[C@H](C)Oc1ccc(-c2ccc(O)c(F)c2)cc1. The van der Waals surface area contributed by atoms with Crippen molar-refractivity contribution in [1.29, 1.82) is 0 Å². The molecule has 0 saturated heterocycles. The molecular formula is C20H25FO2. The summed E-state index contributed by atoms with van der Waals surface area (Å²) in [5.74, 6) is -0.106. The van der Waals surface area contributed by atoms with Crippen LogP contribution in [0, 0.1) is 5.82 Å². The molecular weight excluding hydrogens is 291 g/mol. The summed E-state index contributed by atoms with van der Waals surface area (Å²) < 4.78 is 19.3. The van der Waals surface area contributed by atoms with E-state index in [4.69, 9.17) is 4.74 Å². The van der Waals surface area contributed by atoms with Crippen LogP contribution >= 0.6 is 0 Å². The highest BCUT2D eigenvalue weighted by Gasteiger charge is 2.06. The lowest BCUT2D eigenvalue weighted by Gasteiger charge is -2.15. The second kappa shape index (κ2) is 8.56. The third kappa shape index (κ3) is 5.27. The Bertz CT molecular complexity index is 608. The minimum atomic E-state index is -0.608. The molecule has 0 aliphatic heterocycles. The van der Waals surface area contributed by atoms with Crippen molar-refractivity contribution in [2.24, 2.45) is 0 Å². The molecule has 0 aliphatic carbocycles. The average molecular weight is 316 g/mol. The van der Waals surface area contributed by atoms with Gasteiger partial charge in [-0.05, 0) is 55.2 Å². The van der Waals surface area contributed by atoms with Crippen LogP contribution in [0.15, 0.2) is 42.5 Å². The van der Waals surface area contributed by atoms with Gasteiger partial charge in [-0.25, -0.2) is 4.39 Å². The van der Waals surface area contributed by atoms with E-state index in [2.05, 4.69) is 13.8 Å². The molecule has 2 aromatic rings. The van der Waals surface area contributed by atoms with Crippen LogP contribution in [0.4, 0.5) is 4.39 Å². The van der Waals surface area contributed by atoms with Gasteiger partial charge >= 0.3 is 0 Å². The Balaban J connectivity index is 1.92. The molecule has 0 radical (unpaired) electrons. The van der Waals surface area contributed by atoms with Crippen LogP contribution < -0.4 is 4.74 Å². The fourth-order valence-corrected chi connectivity index (χ4v) is 2.56. The molecule has 1 N–H and O–H groups in total. The number of hydrogen-bond acceptors (Lipinski definition) is 2. The molecule has 124 valence electrons. The van der Waals surface area contributed by atoms with E-state index in [1.54, 1.807) is 6.07 Å². The zero-order valence-electron chi connectivity index (χ0n) is 13.9. The van der Waals surface area contributed by atoms with Crippen molar-refractivity contribution in [3.05, 3.63) is 48.3 Å². The Labute approximate surface area is 137 Å². The van der Waals surface area contributed by atoms with Crippen molar-refractivity contribution in [2.75, 3.05) is 0 Å².